The molecular weight excluding hydrogens is 250 g/mol. The van der Waals surface area contributed by atoms with Crippen LogP contribution >= 0.6 is 0 Å². The van der Waals surface area contributed by atoms with Gasteiger partial charge in [0.1, 0.15) is 0 Å². The van der Waals surface area contributed by atoms with Crippen molar-refractivity contribution in [3.05, 3.63) is 35.4 Å². The van der Waals surface area contributed by atoms with Crippen molar-refractivity contribution in [1.82, 2.24) is 5.32 Å². The maximum absolute atomic E-state index is 5.87. The van der Waals surface area contributed by atoms with E-state index in [-0.39, 0.29) is 6.04 Å². The lowest BCUT2D eigenvalue weighted by Gasteiger charge is -2.20. The highest BCUT2D eigenvalue weighted by Gasteiger charge is 2.17. The van der Waals surface area contributed by atoms with E-state index in [2.05, 4.69) is 43.4 Å². The zero-order valence-corrected chi connectivity index (χ0v) is 12.7. The smallest absolute Gasteiger partial charge is 0.0809 e. The summed E-state index contributed by atoms with van der Waals surface area (Å²) in [6, 6.07) is 8.99. The van der Waals surface area contributed by atoms with Crippen molar-refractivity contribution in [2.24, 2.45) is 0 Å². The zero-order valence-electron chi connectivity index (χ0n) is 12.7. The van der Waals surface area contributed by atoms with Gasteiger partial charge in [-0.25, -0.2) is 0 Å². The number of rotatable bonds is 8. The minimum Gasteiger partial charge on any atom is -0.377 e. The molecule has 0 aliphatic carbocycles. The van der Waals surface area contributed by atoms with Gasteiger partial charge in [-0.2, -0.15) is 0 Å². The third kappa shape index (κ3) is 4.89. The van der Waals surface area contributed by atoms with Crippen molar-refractivity contribution in [3.8, 4) is 0 Å². The first-order chi connectivity index (χ1) is 9.79. The fraction of sp³-hybridized carbons (Fsp3) is 0.647. The van der Waals surface area contributed by atoms with E-state index in [9.17, 15) is 0 Å². The van der Waals surface area contributed by atoms with Gasteiger partial charge in [-0.1, -0.05) is 36.8 Å². The second-order valence-electron chi connectivity index (χ2n) is 5.59. The van der Waals surface area contributed by atoms with Crippen LogP contribution in [0.1, 0.15) is 43.4 Å². The Balaban J connectivity index is 1.84. The Morgan fingerprint density at radius 2 is 2.15 bits per heavy atom. The van der Waals surface area contributed by atoms with E-state index in [1.807, 2.05) is 0 Å². The summed E-state index contributed by atoms with van der Waals surface area (Å²) in [7, 11) is 0. The Kier molecular flexibility index (Phi) is 6.51. The molecule has 1 aliphatic rings. The van der Waals surface area contributed by atoms with Crippen molar-refractivity contribution in [3.63, 3.8) is 0 Å². The van der Waals surface area contributed by atoms with Crippen LogP contribution in [0.3, 0.4) is 0 Å². The zero-order chi connectivity index (χ0) is 14.2. The number of aryl methyl sites for hydroxylation is 1. The molecule has 20 heavy (non-hydrogen) atoms. The van der Waals surface area contributed by atoms with Crippen LogP contribution in [0.4, 0.5) is 0 Å². The summed E-state index contributed by atoms with van der Waals surface area (Å²) in [4.78, 5) is 0. The van der Waals surface area contributed by atoms with Crippen LogP contribution in [0.5, 0.6) is 0 Å². The van der Waals surface area contributed by atoms with Crippen LogP contribution in [-0.2, 0) is 9.47 Å². The Bertz CT molecular complexity index is 371. The van der Waals surface area contributed by atoms with Gasteiger partial charge < -0.3 is 14.8 Å². The highest BCUT2D eigenvalue weighted by Crippen LogP contribution is 2.16. The number of hydrogen-bond donors (Lipinski definition) is 1. The van der Waals surface area contributed by atoms with Crippen molar-refractivity contribution in [1.29, 1.82) is 0 Å². The van der Waals surface area contributed by atoms with Crippen LogP contribution in [0.25, 0.3) is 0 Å². The van der Waals surface area contributed by atoms with Gasteiger partial charge in [-0.3, -0.25) is 0 Å². The van der Waals surface area contributed by atoms with E-state index in [1.54, 1.807) is 0 Å². The predicted molar refractivity (Wildman–Crippen MR) is 82.0 cm³/mol. The Hall–Kier alpha value is -0.900. The quantitative estimate of drug-likeness (QED) is 0.791. The molecule has 0 spiro atoms. The molecule has 1 fully saturated rings. The number of benzene rings is 1. The van der Waals surface area contributed by atoms with E-state index in [4.69, 9.17) is 9.47 Å². The molecule has 2 unspecified atom stereocenters. The second-order valence-corrected chi connectivity index (χ2v) is 5.59. The SMILES string of the molecule is CCCNC(COCC1CCCO1)c1ccc(C)cc1. The minimum atomic E-state index is 0.275. The van der Waals surface area contributed by atoms with Gasteiger partial charge in [0, 0.05) is 6.61 Å². The standard InChI is InChI=1S/C17H27NO2/c1-3-10-18-17(15-8-6-14(2)7-9-15)13-19-12-16-5-4-11-20-16/h6-9,16-18H,3-5,10-13H2,1-2H3. The summed E-state index contributed by atoms with van der Waals surface area (Å²) in [6.07, 6.45) is 3.75. The topological polar surface area (TPSA) is 30.5 Å². The molecule has 2 rings (SSSR count). The van der Waals surface area contributed by atoms with E-state index >= 15 is 0 Å². The average Bonchev–Trinajstić information content (AvgIpc) is 2.97. The van der Waals surface area contributed by atoms with E-state index in [0.717, 1.165) is 32.6 Å². The molecule has 1 heterocycles. The lowest BCUT2D eigenvalue weighted by atomic mass is 10.1. The normalized spacial score (nSPS) is 20.2. The van der Waals surface area contributed by atoms with E-state index in [1.165, 1.54) is 17.5 Å². The molecule has 3 nitrogen and oxygen atoms in total. The molecular formula is C17H27NO2. The van der Waals surface area contributed by atoms with E-state index in [0.29, 0.717) is 12.7 Å². The van der Waals surface area contributed by atoms with Gasteiger partial charge in [0.15, 0.2) is 0 Å². The predicted octanol–water partition coefficient (Wildman–Crippen LogP) is 3.23. The molecule has 3 heteroatoms. The van der Waals surface area contributed by atoms with Crippen LogP contribution in [0.15, 0.2) is 24.3 Å². The van der Waals surface area contributed by atoms with Gasteiger partial charge in [0.2, 0.25) is 0 Å². The third-order valence-electron chi connectivity index (χ3n) is 3.73. The minimum absolute atomic E-state index is 0.275. The van der Waals surface area contributed by atoms with Gasteiger partial charge in [-0.05, 0) is 38.3 Å². The Morgan fingerprint density at radius 1 is 1.35 bits per heavy atom. The van der Waals surface area contributed by atoms with Gasteiger partial charge in [0.25, 0.3) is 0 Å². The van der Waals surface area contributed by atoms with Crippen molar-refractivity contribution >= 4 is 0 Å². The fourth-order valence-electron chi connectivity index (χ4n) is 2.48. The van der Waals surface area contributed by atoms with Crippen LogP contribution in [0.2, 0.25) is 0 Å². The number of ether oxygens (including phenoxy) is 2. The molecule has 0 aromatic heterocycles. The fourth-order valence-corrected chi connectivity index (χ4v) is 2.48. The highest BCUT2D eigenvalue weighted by molar-refractivity contribution is 5.24. The molecule has 0 amide bonds. The molecule has 0 saturated carbocycles. The lowest BCUT2D eigenvalue weighted by molar-refractivity contribution is 0.00997. The molecule has 0 radical (unpaired) electrons. The molecule has 1 aromatic carbocycles. The monoisotopic (exact) mass is 277 g/mol. The van der Waals surface area contributed by atoms with Gasteiger partial charge in [-0.15, -0.1) is 0 Å². The van der Waals surface area contributed by atoms with Crippen molar-refractivity contribution < 1.29 is 9.47 Å². The summed E-state index contributed by atoms with van der Waals surface area (Å²) < 4.78 is 11.5. The summed E-state index contributed by atoms with van der Waals surface area (Å²) >= 11 is 0. The maximum Gasteiger partial charge on any atom is 0.0809 e. The first-order valence-electron chi connectivity index (χ1n) is 7.79. The summed E-state index contributed by atoms with van der Waals surface area (Å²) in [5, 5.41) is 3.56. The van der Waals surface area contributed by atoms with Crippen LogP contribution < -0.4 is 5.32 Å². The summed E-state index contributed by atoms with van der Waals surface area (Å²) in [6.45, 7) is 7.64. The van der Waals surface area contributed by atoms with Crippen LogP contribution in [0, 0.1) is 6.92 Å². The summed E-state index contributed by atoms with van der Waals surface area (Å²) in [5.74, 6) is 0. The number of nitrogens with one attached hydrogen (secondary N) is 1. The molecule has 112 valence electrons. The molecule has 1 saturated heterocycles. The third-order valence-corrected chi connectivity index (χ3v) is 3.73. The van der Waals surface area contributed by atoms with Gasteiger partial charge in [0.05, 0.1) is 25.4 Å². The molecule has 2 atom stereocenters. The Labute approximate surface area is 122 Å². The molecule has 1 aromatic rings. The average molecular weight is 277 g/mol. The maximum atomic E-state index is 5.87. The lowest BCUT2D eigenvalue weighted by Crippen LogP contribution is -2.28. The highest BCUT2D eigenvalue weighted by atomic mass is 16.5. The van der Waals surface area contributed by atoms with Gasteiger partial charge >= 0.3 is 0 Å². The number of hydrogen-bond acceptors (Lipinski definition) is 3. The molecule has 0 bridgehead atoms. The summed E-state index contributed by atoms with van der Waals surface area (Å²) in [5.41, 5.74) is 2.60. The largest absolute Gasteiger partial charge is 0.377 e. The first kappa shape index (κ1) is 15.5. The van der Waals surface area contributed by atoms with Crippen molar-refractivity contribution in [2.75, 3.05) is 26.4 Å². The Morgan fingerprint density at radius 3 is 2.80 bits per heavy atom. The molecule has 1 aliphatic heterocycles. The van der Waals surface area contributed by atoms with Crippen LogP contribution in [-0.4, -0.2) is 32.5 Å². The molecule has 1 N–H and O–H groups in total. The van der Waals surface area contributed by atoms with E-state index < -0.39 is 0 Å². The second kappa shape index (κ2) is 8.40. The van der Waals surface area contributed by atoms with Crippen molar-refractivity contribution in [2.45, 2.75) is 45.3 Å². The first-order valence-corrected chi connectivity index (χ1v) is 7.79.